The molecule has 0 saturated heterocycles. The molecule has 0 N–H and O–H groups in total. The van der Waals surface area contributed by atoms with E-state index in [2.05, 4.69) is 0 Å². The molecule has 0 saturated carbocycles. The number of benzene rings is 2. The molecule has 0 fully saturated rings. The Morgan fingerprint density at radius 3 is 2.41 bits per heavy atom. The number of para-hydroxylation sites is 1. The van der Waals surface area contributed by atoms with Gasteiger partial charge in [0, 0.05) is 12.2 Å². The summed E-state index contributed by atoms with van der Waals surface area (Å²) >= 11 is 5.83. The minimum Gasteiger partial charge on any atom is -0.469 e. The molecule has 4 rings (SSSR count). The zero-order valence-electron chi connectivity index (χ0n) is 18.0. The molecule has 8 heteroatoms. The van der Waals surface area contributed by atoms with Crippen molar-refractivity contribution in [3.05, 3.63) is 89.1 Å². The zero-order chi connectivity index (χ0) is 22.5. The summed E-state index contributed by atoms with van der Waals surface area (Å²) in [6.07, 6.45) is 1.64. The Balaban J connectivity index is 1.75. The number of rotatable bonds is 8. The highest BCUT2D eigenvalue weighted by Crippen LogP contribution is 2.26. The third-order valence-corrected chi connectivity index (χ3v) is 5.51. The molecule has 2 aromatic heterocycles. The molecule has 0 aliphatic rings. The van der Waals surface area contributed by atoms with Gasteiger partial charge in [0.1, 0.15) is 5.76 Å². The van der Waals surface area contributed by atoms with Crippen LogP contribution in [0.4, 0.5) is 0 Å². The van der Waals surface area contributed by atoms with Crippen LogP contribution < -0.4 is 0 Å². The number of esters is 1. The highest BCUT2D eigenvalue weighted by atomic mass is 32.1. The Hall–Kier alpha value is -3.49. The maximum atomic E-state index is 12.1. The monoisotopic (exact) mass is 448 g/mol. The summed E-state index contributed by atoms with van der Waals surface area (Å²) in [5, 5.41) is 4.83. The molecule has 32 heavy (non-hydrogen) atoms. The van der Waals surface area contributed by atoms with Gasteiger partial charge < -0.3 is 9.15 Å². The summed E-state index contributed by atoms with van der Waals surface area (Å²) in [5.41, 5.74) is 2.85. The van der Waals surface area contributed by atoms with Crippen LogP contribution in [-0.4, -0.2) is 38.9 Å². The third kappa shape index (κ3) is 4.71. The fraction of sp³-hybridized carbons (Fsp3) is 0.208. The number of carbonyl (C=O) groups excluding carboxylic acids is 1. The first-order valence-corrected chi connectivity index (χ1v) is 10.6. The molecule has 4 aromatic rings. The van der Waals surface area contributed by atoms with Crippen LogP contribution >= 0.6 is 12.2 Å². The van der Waals surface area contributed by atoms with Crippen LogP contribution in [0.3, 0.4) is 0 Å². The first-order chi connectivity index (χ1) is 15.6. The van der Waals surface area contributed by atoms with Gasteiger partial charge in [0.2, 0.25) is 4.77 Å². The molecular weight excluding hydrogens is 424 g/mol. The van der Waals surface area contributed by atoms with Gasteiger partial charge in [-0.15, -0.1) is 5.10 Å². The van der Waals surface area contributed by atoms with Crippen molar-refractivity contribution in [2.75, 3.05) is 13.7 Å². The predicted molar refractivity (Wildman–Crippen MR) is 124 cm³/mol. The van der Waals surface area contributed by atoms with Crippen LogP contribution in [0.25, 0.3) is 17.1 Å². The van der Waals surface area contributed by atoms with Gasteiger partial charge in [0.25, 0.3) is 0 Å². The number of hydrogen-bond donors (Lipinski definition) is 0. The zero-order valence-corrected chi connectivity index (χ0v) is 18.8. The highest BCUT2D eigenvalue weighted by molar-refractivity contribution is 7.71. The quantitative estimate of drug-likeness (QED) is 0.290. The van der Waals surface area contributed by atoms with Crippen molar-refractivity contribution in [2.45, 2.75) is 20.1 Å². The van der Waals surface area contributed by atoms with E-state index >= 15 is 0 Å². The van der Waals surface area contributed by atoms with Gasteiger partial charge in [-0.1, -0.05) is 48.5 Å². The fourth-order valence-corrected chi connectivity index (χ4v) is 3.83. The second-order valence-electron chi connectivity index (χ2n) is 7.36. The molecule has 0 atom stereocenters. The second-order valence-corrected chi connectivity index (χ2v) is 7.72. The smallest absolute Gasteiger partial charge is 0.319 e. The van der Waals surface area contributed by atoms with Crippen molar-refractivity contribution in [1.29, 1.82) is 0 Å². The Bertz CT molecular complexity index is 1250. The standard InChI is InChI=1S/C24H24N4O3S/c1-18-21(13-14-31-18)23-25-27(24(32)28(23)20-11-7-4-8-12-20)17-26(16-22(29)30-2)15-19-9-5-3-6-10-19/h3-14H,15-17H2,1-2H3. The fourth-order valence-electron chi connectivity index (χ4n) is 3.54. The number of aryl methyl sites for hydroxylation is 1. The largest absolute Gasteiger partial charge is 0.469 e. The van der Waals surface area contributed by atoms with Crippen LogP contribution in [0, 0.1) is 11.7 Å². The van der Waals surface area contributed by atoms with Crippen molar-refractivity contribution in [2.24, 2.45) is 0 Å². The number of ether oxygens (including phenoxy) is 1. The topological polar surface area (TPSA) is 65.4 Å². The Morgan fingerprint density at radius 2 is 1.78 bits per heavy atom. The molecule has 2 aromatic carbocycles. The van der Waals surface area contributed by atoms with Gasteiger partial charge in [-0.2, -0.15) is 0 Å². The molecule has 0 unspecified atom stereocenters. The maximum absolute atomic E-state index is 12.1. The second kappa shape index (κ2) is 9.76. The number of aromatic nitrogens is 3. The van der Waals surface area contributed by atoms with Crippen molar-refractivity contribution in [3.8, 4) is 17.1 Å². The minimum absolute atomic E-state index is 0.117. The number of hydrogen-bond acceptors (Lipinski definition) is 6. The SMILES string of the molecule is COC(=O)CN(Cc1ccccc1)Cn1nc(-c2ccoc2C)n(-c2ccccc2)c1=S. The molecule has 0 radical (unpaired) electrons. The first kappa shape index (κ1) is 21.7. The van der Waals surface area contributed by atoms with E-state index in [1.807, 2.05) is 83.1 Å². The lowest BCUT2D eigenvalue weighted by Crippen LogP contribution is -2.32. The van der Waals surface area contributed by atoms with Crippen molar-refractivity contribution < 1.29 is 13.9 Å². The number of nitrogens with zero attached hydrogens (tertiary/aromatic N) is 4. The molecular formula is C24H24N4O3S. The summed E-state index contributed by atoms with van der Waals surface area (Å²) in [7, 11) is 1.39. The highest BCUT2D eigenvalue weighted by Gasteiger charge is 2.20. The summed E-state index contributed by atoms with van der Waals surface area (Å²) in [6, 6.07) is 21.7. The van der Waals surface area contributed by atoms with Gasteiger partial charge >= 0.3 is 5.97 Å². The van der Waals surface area contributed by atoms with Crippen molar-refractivity contribution in [1.82, 2.24) is 19.2 Å². The summed E-state index contributed by atoms with van der Waals surface area (Å²) < 4.78 is 14.6. The Labute approximate surface area is 191 Å². The predicted octanol–water partition coefficient (Wildman–Crippen LogP) is 4.60. The molecule has 0 aliphatic carbocycles. The molecule has 7 nitrogen and oxygen atoms in total. The minimum atomic E-state index is -0.319. The van der Waals surface area contributed by atoms with Crippen LogP contribution in [-0.2, 0) is 22.7 Å². The van der Waals surface area contributed by atoms with E-state index in [0.29, 0.717) is 23.8 Å². The Kier molecular flexibility index (Phi) is 6.63. The molecule has 0 aliphatic heterocycles. The lowest BCUT2D eigenvalue weighted by atomic mass is 10.2. The number of carbonyl (C=O) groups is 1. The van der Waals surface area contributed by atoms with Crippen molar-refractivity contribution >= 4 is 18.2 Å². The summed E-state index contributed by atoms with van der Waals surface area (Å²) in [5.74, 6) is 1.12. The normalized spacial score (nSPS) is 11.1. The van der Waals surface area contributed by atoms with Crippen molar-refractivity contribution in [3.63, 3.8) is 0 Å². The van der Waals surface area contributed by atoms with Gasteiger partial charge in [-0.25, -0.2) is 4.68 Å². The van der Waals surface area contributed by atoms with E-state index in [-0.39, 0.29) is 12.5 Å². The molecule has 0 spiro atoms. The lowest BCUT2D eigenvalue weighted by molar-refractivity contribution is -0.142. The number of furan rings is 1. The van der Waals surface area contributed by atoms with Gasteiger partial charge in [-0.05, 0) is 42.9 Å². The molecule has 2 heterocycles. The third-order valence-electron chi connectivity index (χ3n) is 5.12. The maximum Gasteiger partial charge on any atom is 0.319 e. The van der Waals surface area contributed by atoms with E-state index < -0.39 is 0 Å². The van der Waals surface area contributed by atoms with Crippen LogP contribution in [0.1, 0.15) is 11.3 Å². The average molecular weight is 449 g/mol. The van der Waals surface area contributed by atoms with Gasteiger partial charge in [-0.3, -0.25) is 14.3 Å². The number of methoxy groups -OCH3 is 1. The molecule has 0 amide bonds. The van der Waals surface area contributed by atoms with Gasteiger partial charge in [0.15, 0.2) is 5.82 Å². The van der Waals surface area contributed by atoms with Crippen LogP contribution in [0.5, 0.6) is 0 Å². The lowest BCUT2D eigenvalue weighted by Gasteiger charge is -2.20. The van der Waals surface area contributed by atoms with E-state index in [1.54, 1.807) is 10.9 Å². The Morgan fingerprint density at radius 1 is 1.09 bits per heavy atom. The summed E-state index contributed by atoms with van der Waals surface area (Å²) in [4.78, 5) is 14.0. The van der Waals surface area contributed by atoms with E-state index in [4.69, 9.17) is 26.5 Å². The van der Waals surface area contributed by atoms with E-state index in [0.717, 1.165) is 22.6 Å². The van der Waals surface area contributed by atoms with E-state index in [9.17, 15) is 4.79 Å². The molecule has 0 bridgehead atoms. The van der Waals surface area contributed by atoms with Crippen LogP contribution in [0.15, 0.2) is 77.4 Å². The first-order valence-electron chi connectivity index (χ1n) is 10.2. The van der Waals surface area contributed by atoms with Gasteiger partial charge in [0.05, 0.1) is 32.1 Å². The van der Waals surface area contributed by atoms with E-state index in [1.165, 1.54) is 7.11 Å². The summed E-state index contributed by atoms with van der Waals surface area (Å²) in [6.45, 7) is 2.89. The average Bonchev–Trinajstić information content (AvgIpc) is 3.37. The van der Waals surface area contributed by atoms with Crippen LogP contribution in [0.2, 0.25) is 0 Å². The molecule has 164 valence electrons.